The van der Waals surface area contributed by atoms with E-state index in [2.05, 4.69) is 4.72 Å². The van der Waals surface area contributed by atoms with E-state index in [1.54, 1.807) is 0 Å². The Balaban J connectivity index is 2.34. The van der Waals surface area contributed by atoms with Crippen molar-refractivity contribution in [3.8, 4) is 0 Å². The molecule has 1 aliphatic carbocycles. The summed E-state index contributed by atoms with van der Waals surface area (Å²) < 4.78 is 26.4. The maximum absolute atomic E-state index is 11.9. The molecule has 0 aromatic carbocycles. The molecule has 0 aromatic heterocycles. The van der Waals surface area contributed by atoms with E-state index in [9.17, 15) is 8.42 Å². The molecule has 5 heteroatoms. The van der Waals surface area contributed by atoms with Crippen molar-refractivity contribution in [2.75, 3.05) is 12.3 Å². The van der Waals surface area contributed by atoms with Crippen LogP contribution < -0.4 is 10.5 Å². The van der Waals surface area contributed by atoms with Gasteiger partial charge in [-0.15, -0.1) is 0 Å². The van der Waals surface area contributed by atoms with Gasteiger partial charge in [0, 0.05) is 12.6 Å². The first kappa shape index (κ1) is 14.9. The van der Waals surface area contributed by atoms with Crippen molar-refractivity contribution in [3.63, 3.8) is 0 Å². The summed E-state index contributed by atoms with van der Waals surface area (Å²) in [6.07, 6.45) is 5.70. The van der Waals surface area contributed by atoms with Gasteiger partial charge in [-0.05, 0) is 24.7 Å². The van der Waals surface area contributed by atoms with E-state index >= 15 is 0 Å². The van der Waals surface area contributed by atoms with Gasteiger partial charge < -0.3 is 5.73 Å². The smallest absolute Gasteiger partial charge is 0.211 e. The zero-order chi connectivity index (χ0) is 12.9. The maximum Gasteiger partial charge on any atom is 0.211 e. The van der Waals surface area contributed by atoms with E-state index in [1.165, 1.54) is 19.3 Å². The number of sulfonamides is 1. The van der Waals surface area contributed by atoms with E-state index in [-0.39, 0.29) is 11.8 Å². The van der Waals surface area contributed by atoms with E-state index in [0.717, 1.165) is 12.8 Å². The van der Waals surface area contributed by atoms with Crippen LogP contribution in [0, 0.1) is 11.8 Å². The fourth-order valence-electron chi connectivity index (χ4n) is 2.18. The molecule has 3 N–H and O–H groups in total. The van der Waals surface area contributed by atoms with Gasteiger partial charge in [-0.3, -0.25) is 0 Å². The van der Waals surface area contributed by atoms with Crippen molar-refractivity contribution in [2.24, 2.45) is 17.6 Å². The third kappa shape index (κ3) is 5.84. The summed E-state index contributed by atoms with van der Waals surface area (Å²) in [5.74, 6) is 0.918. The molecule has 102 valence electrons. The third-order valence-electron chi connectivity index (χ3n) is 3.58. The van der Waals surface area contributed by atoms with Gasteiger partial charge in [-0.25, -0.2) is 13.1 Å². The second-order valence-electron chi connectivity index (χ2n) is 5.54. The molecule has 17 heavy (non-hydrogen) atoms. The van der Waals surface area contributed by atoms with Crippen molar-refractivity contribution in [2.45, 2.75) is 52.0 Å². The van der Waals surface area contributed by atoms with Gasteiger partial charge in [0.2, 0.25) is 10.0 Å². The third-order valence-corrected chi connectivity index (χ3v) is 5.09. The van der Waals surface area contributed by atoms with E-state index in [4.69, 9.17) is 5.73 Å². The number of rotatable bonds is 6. The number of nitrogens with one attached hydrogen (secondary N) is 1. The summed E-state index contributed by atoms with van der Waals surface area (Å²) in [5.41, 5.74) is 5.83. The summed E-state index contributed by atoms with van der Waals surface area (Å²) in [6, 6.07) is -0.101. The average Bonchev–Trinajstić information content (AvgIpc) is 2.26. The normalized spacial score (nSPS) is 20.7. The molecule has 1 unspecified atom stereocenters. The van der Waals surface area contributed by atoms with Crippen molar-refractivity contribution < 1.29 is 8.42 Å². The lowest BCUT2D eigenvalue weighted by Crippen LogP contribution is -2.42. The molecule has 0 amide bonds. The summed E-state index contributed by atoms with van der Waals surface area (Å²) in [6.45, 7) is 4.35. The number of hydrogen-bond donors (Lipinski definition) is 2. The fraction of sp³-hybridized carbons (Fsp3) is 1.00. The van der Waals surface area contributed by atoms with Gasteiger partial charge in [-0.2, -0.15) is 0 Å². The van der Waals surface area contributed by atoms with Gasteiger partial charge in [0.1, 0.15) is 0 Å². The lowest BCUT2D eigenvalue weighted by Gasteiger charge is -2.22. The first-order valence-electron chi connectivity index (χ1n) is 6.63. The van der Waals surface area contributed by atoms with Gasteiger partial charge in [0.15, 0.2) is 0 Å². The summed E-state index contributed by atoms with van der Waals surface area (Å²) in [4.78, 5) is 0. The monoisotopic (exact) mass is 262 g/mol. The van der Waals surface area contributed by atoms with Crippen LogP contribution in [0.5, 0.6) is 0 Å². The molecular formula is C12H26N2O2S. The molecule has 0 spiro atoms. The van der Waals surface area contributed by atoms with Gasteiger partial charge in [0.05, 0.1) is 5.75 Å². The maximum atomic E-state index is 11.9. The molecular weight excluding hydrogens is 236 g/mol. The Kier molecular flexibility index (Phi) is 5.89. The minimum atomic E-state index is -3.14. The minimum absolute atomic E-state index is 0.101. The molecule has 0 heterocycles. The highest BCUT2D eigenvalue weighted by molar-refractivity contribution is 7.89. The van der Waals surface area contributed by atoms with E-state index in [0.29, 0.717) is 18.4 Å². The van der Waals surface area contributed by atoms with E-state index in [1.807, 2.05) is 13.8 Å². The van der Waals surface area contributed by atoms with Crippen LogP contribution in [0.1, 0.15) is 46.0 Å². The summed E-state index contributed by atoms with van der Waals surface area (Å²) in [5, 5.41) is 0. The molecule has 0 saturated heterocycles. The first-order chi connectivity index (χ1) is 7.91. The summed E-state index contributed by atoms with van der Waals surface area (Å²) >= 11 is 0. The Labute approximate surface area is 105 Å². The number of nitrogens with two attached hydrogens (primary N) is 1. The van der Waals surface area contributed by atoms with Crippen LogP contribution >= 0.6 is 0 Å². The van der Waals surface area contributed by atoms with Crippen LogP contribution in [-0.4, -0.2) is 26.8 Å². The largest absolute Gasteiger partial charge is 0.326 e. The molecule has 1 saturated carbocycles. The highest BCUT2D eigenvalue weighted by Gasteiger charge is 2.21. The molecule has 1 fully saturated rings. The van der Waals surface area contributed by atoms with Gasteiger partial charge in [-0.1, -0.05) is 33.1 Å². The molecule has 1 aliphatic rings. The van der Waals surface area contributed by atoms with Crippen LogP contribution in [-0.2, 0) is 10.0 Å². The van der Waals surface area contributed by atoms with Gasteiger partial charge >= 0.3 is 0 Å². The SMILES string of the molecule is CC(C)C(N)CNS(=O)(=O)CC1CCCCC1. The Morgan fingerprint density at radius 3 is 2.35 bits per heavy atom. The van der Waals surface area contributed by atoms with Crippen LogP contribution in [0.2, 0.25) is 0 Å². The molecule has 0 aromatic rings. The second kappa shape index (κ2) is 6.71. The number of hydrogen-bond acceptors (Lipinski definition) is 3. The Hall–Kier alpha value is -0.130. The highest BCUT2D eigenvalue weighted by atomic mass is 32.2. The molecule has 4 nitrogen and oxygen atoms in total. The Morgan fingerprint density at radius 1 is 1.24 bits per heavy atom. The molecule has 1 rings (SSSR count). The zero-order valence-corrected chi connectivity index (χ0v) is 11.8. The zero-order valence-electron chi connectivity index (χ0n) is 11.0. The first-order valence-corrected chi connectivity index (χ1v) is 8.29. The van der Waals surface area contributed by atoms with Crippen LogP contribution in [0.25, 0.3) is 0 Å². The Bertz CT molecular complexity index is 308. The highest BCUT2D eigenvalue weighted by Crippen LogP contribution is 2.24. The van der Waals surface area contributed by atoms with Crippen LogP contribution in [0.15, 0.2) is 0 Å². The summed E-state index contributed by atoms with van der Waals surface area (Å²) in [7, 11) is -3.14. The Morgan fingerprint density at radius 2 is 1.82 bits per heavy atom. The quantitative estimate of drug-likeness (QED) is 0.761. The molecule has 1 atom stereocenters. The second-order valence-corrected chi connectivity index (χ2v) is 7.39. The minimum Gasteiger partial charge on any atom is -0.326 e. The lowest BCUT2D eigenvalue weighted by atomic mass is 9.91. The topological polar surface area (TPSA) is 72.2 Å². The van der Waals surface area contributed by atoms with Crippen molar-refractivity contribution in [1.82, 2.24) is 4.72 Å². The predicted molar refractivity (Wildman–Crippen MR) is 71.2 cm³/mol. The molecule has 0 radical (unpaired) electrons. The fourth-order valence-corrected chi connectivity index (χ4v) is 3.70. The van der Waals surface area contributed by atoms with Crippen LogP contribution in [0.3, 0.4) is 0 Å². The lowest BCUT2D eigenvalue weighted by molar-refractivity contribution is 0.383. The van der Waals surface area contributed by atoms with Crippen LogP contribution in [0.4, 0.5) is 0 Å². The standard InChI is InChI=1S/C12H26N2O2S/c1-10(2)12(13)8-14-17(15,16)9-11-6-4-3-5-7-11/h10-12,14H,3-9,13H2,1-2H3. The van der Waals surface area contributed by atoms with Crippen molar-refractivity contribution >= 4 is 10.0 Å². The van der Waals surface area contributed by atoms with Gasteiger partial charge in [0.25, 0.3) is 0 Å². The van der Waals surface area contributed by atoms with Crippen molar-refractivity contribution in [3.05, 3.63) is 0 Å². The van der Waals surface area contributed by atoms with E-state index < -0.39 is 10.0 Å². The molecule has 0 bridgehead atoms. The predicted octanol–water partition coefficient (Wildman–Crippen LogP) is 1.47. The average molecular weight is 262 g/mol. The van der Waals surface area contributed by atoms with Crippen molar-refractivity contribution in [1.29, 1.82) is 0 Å². The molecule has 0 aliphatic heterocycles.